The van der Waals surface area contributed by atoms with Crippen LogP contribution in [0, 0.1) is 0 Å². The van der Waals surface area contributed by atoms with Gasteiger partial charge < -0.3 is 11.2 Å². The normalized spacial score (nSPS) is 9.40. The number of rotatable bonds is 2. The zero-order valence-corrected chi connectivity index (χ0v) is 5.54. The molecule has 0 aliphatic heterocycles. The lowest BCUT2D eigenvalue weighted by Crippen LogP contribution is -2.10. The van der Waals surface area contributed by atoms with Gasteiger partial charge in [-0.2, -0.15) is 0 Å². The quantitative estimate of drug-likeness (QED) is 0.391. The largest absolute Gasteiger partial charge is 0.325 e. The van der Waals surface area contributed by atoms with Gasteiger partial charge in [0.05, 0.1) is 5.69 Å². The molecule has 0 fully saturated rings. The molecule has 0 saturated heterocycles. The number of hydrogen-bond donors (Lipinski definition) is 3. The molecule has 5 N–H and O–H groups in total. The maximum atomic E-state index is 5.34. The molecular formula is C6H10N4. The van der Waals surface area contributed by atoms with E-state index in [1.807, 2.05) is 12.1 Å². The zero-order valence-electron chi connectivity index (χ0n) is 5.54. The number of hydrogen-bond acceptors (Lipinski definition) is 4. The number of hydrazine groups is 1. The highest BCUT2D eigenvalue weighted by Crippen LogP contribution is 2.01. The Kier molecular flexibility index (Phi) is 2.20. The number of anilines is 1. The summed E-state index contributed by atoms with van der Waals surface area (Å²) in [5.41, 5.74) is 8.61. The molecule has 0 aliphatic rings. The number of nitrogens with one attached hydrogen (secondary N) is 1. The summed E-state index contributed by atoms with van der Waals surface area (Å²) in [4.78, 5) is 4.05. The summed E-state index contributed by atoms with van der Waals surface area (Å²) in [6.45, 7) is 0.440. The standard InChI is InChI=1S/C6H10N4/c7-4-5-2-1-3-6(9-5)10-8/h1-3H,4,7-8H2,(H,9,10). The van der Waals surface area contributed by atoms with Crippen LogP contribution in [0.2, 0.25) is 0 Å². The molecule has 0 aromatic carbocycles. The van der Waals surface area contributed by atoms with Crippen LogP contribution in [0.5, 0.6) is 0 Å². The van der Waals surface area contributed by atoms with Crippen molar-refractivity contribution in [1.82, 2.24) is 4.98 Å². The minimum absolute atomic E-state index is 0.440. The minimum atomic E-state index is 0.440. The molecule has 1 heterocycles. The Morgan fingerprint density at radius 1 is 1.50 bits per heavy atom. The summed E-state index contributed by atoms with van der Waals surface area (Å²) in [6.07, 6.45) is 0. The van der Waals surface area contributed by atoms with Crippen LogP contribution >= 0.6 is 0 Å². The SMILES string of the molecule is NCc1cccc(NN)n1. The molecule has 0 unspecified atom stereocenters. The van der Waals surface area contributed by atoms with Crippen LogP contribution in [-0.4, -0.2) is 4.98 Å². The second-order valence-corrected chi connectivity index (χ2v) is 1.86. The molecule has 1 aromatic heterocycles. The molecule has 1 rings (SSSR count). The fourth-order valence-electron chi connectivity index (χ4n) is 0.674. The van der Waals surface area contributed by atoms with Gasteiger partial charge in [-0.15, -0.1) is 0 Å². The number of nitrogens with zero attached hydrogens (tertiary/aromatic N) is 1. The highest BCUT2D eigenvalue weighted by Gasteiger charge is 1.90. The molecule has 0 spiro atoms. The van der Waals surface area contributed by atoms with Crippen LogP contribution < -0.4 is 17.0 Å². The molecule has 54 valence electrons. The highest BCUT2D eigenvalue weighted by molar-refractivity contribution is 5.33. The Balaban J connectivity index is 2.87. The molecule has 4 heteroatoms. The second-order valence-electron chi connectivity index (χ2n) is 1.86. The maximum absolute atomic E-state index is 5.34. The lowest BCUT2D eigenvalue weighted by molar-refractivity contribution is 0.988. The van der Waals surface area contributed by atoms with Gasteiger partial charge in [0, 0.05) is 6.54 Å². The van der Waals surface area contributed by atoms with Gasteiger partial charge in [-0.05, 0) is 12.1 Å². The van der Waals surface area contributed by atoms with E-state index in [9.17, 15) is 0 Å². The van der Waals surface area contributed by atoms with Crippen LogP contribution in [0.4, 0.5) is 5.82 Å². The van der Waals surface area contributed by atoms with Crippen molar-refractivity contribution in [2.75, 3.05) is 5.43 Å². The first kappa shape index (κ1) is 6.98. The lowest BCUT2D eigenvalue weighted by Gasteiger charge is -1.99. The van der Waals surface area contributed by atoms with Gasteiger partial charge in [0.2, 0.25) is 0 Å². The summed E-state index contributed by atoms with van der Waals surface area (Å²) in [6, 6.07) is 5.48. The first-order chi connectivity index (χ1) is 4.86. The second kappa shape index (κ2) is 3.14. The van der Waals surface area contributed by atoms with E-state index in [4.69, 9.17) is 11.6 Å². The van der Waals surface area contributed by atoms with E-state index in [0.29, 0.717) is 12.4 Å². The Bertz CT molecular complexity index is 191. The topological polar surface area (TPSA) is 77.0 Å². The minimum Gasteiger partial charge on any atom is -0.325 e. The zero-order chi connectivity index (χ0) is 7.40. The van der Waals surface area contributed by atoms with E-state index in [2.05, 4.69) is 10.4 Å². The molecule has 4 nitrogen and oxygen atoms in total. The first-order valence-electron chi connectivity index (χ1n) is 2.99. The van der Waals surface area contributed by atoms with Gasteiger partial charge in [0.25, 0.3) is 0 Å². The van der Waals surface area contributed by atoms with Crippen LogP contribution in [0.15, 0.2) is 18.2 Å². The highest BCUT2D eigenvalue weighted by atomic mass is 15.2. The van der Waals surface area contributed by atoms with E-state index < -0.39 is 0 Å². The summed E-state index contributed by atoms with van der Waals surface area (Å²) in [7, 11) is 0. The van der Waals surface area contributed by atoms with Crippen molar-refractivity contribution in [2.45, 2.75) is 6.54 Å². The summed E-state index contributed by atoms with van der Waals surface area (Å²) < 4.78 is 0. The molecule has 10 heavy (non-hydrogen) atoms. The monoisotopic (exact) mass is 138 g/mol. The van der Waals surface area contributed by atoms with Crippen molar-refractivity contribution in [3.8, 4) is 0 Å². The van der Waals surface area contributed by atoms with Gasteiger partial charge in [-0.1, -0.05) is 6.07 Å². The third-order valence-corrected chi connectivity index (χ3v) is 1.16. The van der Waals surface area contributed by atoms with Crippen molar-refractivity contribution in [1.29, 1.82) is 0 Å². The van der Waals surface area contributed by atoms with Crippen molar-refractivity contribution in [2.24, 2.45) is 11.6 Å². The van der Waals surface area contributed by atoms with E-state index in [0.717, 1.165) is 5.69 Å². The Hall–Kier alpha value is -1.13. The van der Waals surface area contributed by atoms with E-state index in [1.165, 1.54) is 0 Å². The van der Waals surface area contributed by atoms with Gasteiger partial charge in [-0.3, -0.25) is 0 Å². The predicted molar refractivity (Wildman–Crippen MR) is 39.9 cm³/mol. The molecule has 0 saturated carbocycles. The van der Waals surface area contributed by atoms with E-state index >= 15 is 0 Å². The van der Waals surface area contributed by atoms with Gasteiger partial charge in [0.1, 0.15) is 5.82 Å². The Morgan fingerprint density at radius 2 is 2.30 bits per heavy atom. The summed E-state index contributed by atoms with van der Waals surface area (Å²) in [5.74, 6) is 5.76. The molecule has 0 bridgehead atoms. The fraction of sp³-hybridized carbons (Fsp3) is 0.167. The number of pyridine rings is 1. The lowest BCUT2D eigenvalue weighted by atomic mass is 10.3. The van der Waals surface area contributed by atoms with Crippen molar-refractivity contribution in [3.05, 3.63) is 23.9 Å². The van der Waals surface area contributed by atoms with Crippen LogP contribution in [-0.2, 0) is 6.54 Å². The Labute approximate surface area is 59.2 Å². The average molecular weight is 138 g/mol. The Morgan fingerprint density at radius 3 is 2.90 bits per heavy atom. The fourth-order valence-corrected chi connectivity index (χ4v) is 0.674. The van der Waals surface area contributed by atoms with Crippen molar-refractivity contribution in [3.63, 3.8) is 0 Å². The summed E-state index contributed by atoms with van der Waals surface area (Å²) in [5, 5.41) is 0. The van der Waals surface area contributed by atoms with Crippen LogP contribution in [0.1, 0.15) is 5.69 Å². The molecule has 0 amide bonds. The number of nitrogens with two attached hydrogens (primary N) is 2. The van der Waals surface area contributed by atoms with Gasteiger partial charge in [-0.25, -0.2) is 10.8 Å². The number of aromatic nitrogens is 1. The van der Waals surface area contributed by atoms with Crippen LogP contribution in [0.25, 0.3) is 0 Å². The molecule has 0 radical (unpaired) electrons. The average Bonchev–Trinajstić information content (AvgIpc) is 2.05. The van der Waals surface area contributed by atoms with Crippen molar-refractivity contribution >= 4 is 5.82 Å². The molecule has 1 aromatic rings. The molecule has 0 atom stereocenters. The van der Waals surface area contributed by atoms with E-state index in [1.54, 1.807) is 6.07 Å². The molecular weight excluding hydrogens is 128 g/mol. The third-order valence-electron chi connectivity index (χ3n) is 1.16. The third kappa shape index (κ3) is 1.43. The number of nitrogen functional groups attached to an aromatic ring is 1. The van der Waals surface area contributed by atoms with Crippen molar-refractivity contribution < 1.29 is 0 Å². The summed E-state index contributed by atoms with van der Waals surface area (Å²) >= 11 is 0. The first-order valence-corrected chi connectivity index (χ1v) is 2.99. The van der Waals surface area contributed by atoms with Gasteiger partial charge >= 0.3 is 0 Å². The predicted octanol–water partition coefficient (Wildman–Crippen LogP) is -0.174. The maximum Gasteiger partial charge on any atom is 0.140 e. The molecule has 0 aliphatic carbocycles. The van der Waals surface area contributed by atoms with E-state index in [-0.39, 0.29) is 0 Å². The van der Waals surface area contributed by atoms with Crippen LogP contribution in [0.3, 0.4) is 0 Å². The van der Waals surface area contributed by atoms with Gasteiger partial charge in [0.15, 0.2) is 0 Å². The smallest absolute Gasteiger partial charge is 0.140 e.